The van der Waals surface area contributed by atoms with Crippen molar-refractivity contribution in [1.29, 1.82) is 0 Å². The van der Waals surface area contributed by atoms with Gasteiger partial charge in [-0.3, -0.25) is 9.59 Å². The number of para-hydroxylation sites is 2. The van der Waals surface area contributed by atoms with E-state index in [-0.39, 0.29) is 24.8 Å². The average Bonchev–Trinajstić information content (AvgIpc) is 2.47. The second-order valence-electron chi connectivity index (χ2n) is 5.21. The fourth-order valence-corrected chi connectivity index (χ4v) is 2.53. The summed E-state index contributed by atoms with van der Waals surface area (Å²) in [6, 6.07) is 15.0. The molecule has 0 aromatic heterocycles. The minimum absolute atomic E-state index is 0.0169. The van der Waals surface area contributed by atoms with E-state index in [1.165, 1.54) is 0 Å². The molecule has 1 N–H and O–H groups in total. The van der Waals surface area contributed by atoms with Crippen molar-refractivity contribution in [2.24, 2.45) is 0 Å². The summed E-state index contributed by atoms with van der Waals surface area (Å²) in [6.07, 6.45) is 0. The third kappa shape index (κ3) is 2.79. The van der Waals surface area contributed by atoms with Gasteiger partial charge in [-0.25, -0.2) is 0 Å². The van der Waals surface area contributed by atoms with Gasteiger partial charge in [-0.1, -0.05) is 35.9 Å². The minimum Gasteiger partial charge on any atom is -0.353 e. The number of aryl methyl sites for hydroxylation is 1. The van der Waals surface area contributed by atoms with Crippen LogP contribution in [0.2, 0.25) is 0 Å². The number of nitrogens with zero attached hydrogens (tertiary/aromatic N) is 1. The standard InChI is InChI=1S/C17H16N2O2/c1-12-5-4-6-13(9-12)16(20)10-19-11-17(21)18-14-7-2-3-8-15(14)19/h2-9H,10-11H2,1H3,(H,18,21). The Morgan fingerprint density at radius 2 is 2.00 bits per heavy atom. The molecule has 1 aliphatic rings. The molecule has 4 nitrogen and oxygen atoms in total. The van der Waals surface area contributed by atoms with Gasteiger partial charge in [0.1, 0.15) is 0 Å². The molecule has 0 radical (unpaired) electrons. The number of carbonyl (C=O) groups excluding carboxylic acids is 2. The number of ketones is 1. The number of nitrogens with one attached hydrogen (secondary N) is 1. The molecule has 0 spiro atoms. The van der Waals surface area contributed by atoms with Crippen molar-refractivity contribution in [2.75, 3.05) is 23.3 Å². The quantitative estimate of drug-likeness (QED) is 0.879. The van der Waals surface area contributed by atoms with Gasteiger partial charge in [-0.05, 0) is 25.1 Å². The van der Waals surface area contributed by atoms with Crippen LogP contribution in [-0.2, 0) is 4.79 Å². The van der Waals surface area contributed by atoms with E-state index in [4.69, 9.17) is 0 Å². The van der Waals surface area contributed by atoms with E-state index in [1.807, 2.05) is 60.4 Å². The number of Topliss-reactive ketones (excluding diaryl/α,β-unsaturated/α-hetero) is 1. The third-order valence-electron chi connectivity index (χ3n) is 3.53. The van der Waals surface area contributed by atoms with Crippen LogP contribution in [0.4, 0.5) is 11.4 Å². The first-order chi connectivity index (χ1) is 10.1. The fourth-order valence-electron chi connectivity index (χ4n) is 2.53. The number of hydrogen-bond acceptors (Lipinski definition) is 3. The van der Waals surface area contributed by atoms with Crippen molar-refractivity contribution >= 4 is 23.1 Å². The molecule has 0 unspecified atom stereocenters. The molecular formula is C17H16N2O2. The Labute approximate surface area is 123 Å². The fraction of sp³-hybridized carbons (Fsp3) is 0.176. The van der Waals surface area contributed by atoms with Crippen LogP contribution in [0, 0.1) is 6.92 Å². The minimum atomic E-state index is -0.0919. The van der Waals surface area contributed by atoms with Crippen molar-refractivity contribution in [3.05, 3.63) is 59.7 Å². The number of anilines is 2. The lowest BCUT2D eigenvalue weighted by atomic mass is 10.1. The summed E-state index contributed by atoms with van der Waals surface area (Å²) in [4.78, 5) is 26.0. The van der Waals surface area contributed by atoms with Gasteiger partial charge in [0.2, 0.25) is 5.91 Å². The Morgan fingerprint density at radius 3 is 2.81 bits per heavy atom. The zero-order valence-corrected chi connectivity index (χ0v) is 11.8. The molecule has 2 aromatic carbocycles. The predicted molar refractivity (Wildman–Crippen MR) is 82.8 cm³/mol. The van der Waals surface area contributed by atoms with E-state index < -0.39 is 0 Å². The summed E-state index contributed by atoms with van der Waals surface area (Å²) in [5.41, 5.74) is 3.37. The Balaban J connectivity index is 1.85. The van der Waals surface area contributed by atoms with Crippen LogP contribution in [0.15, 0.2) is 48.5 Å². The Morgan fingerprint density at radius 1 is 1.19 bits per heavy atom. The van der Waals surface area contributed by atoms with E-state index in [2.05, 4.69) is 5.32 Å². The van der Waals surface area contributed by atoms with Gasteiger partial charge in [-0.2, -0.15) is 0 Å². The van der Waals surface area contributed by atoms with Crippen molar-refractivity contribution in [1.82, 2.24) is 0 Å². The summed E-state index contributed by atoms with van der Waals surface area (Å²) in [5, 5.41) is 2.82. The third-order valence-corrected chi connectivity index (χ3v) is 3.53. The summed E-state index contributed by atoms with van der Waals surface area (Å²) in [6.45, 7) is 2.36. The Kier molecular flexibility index (Phi) is 3.44. The summed E-state index contributed by atoms with van der Waals surface area (Å²) >= 11 is 0. The lowest BCUT2D eigenvalue weighted by molar-refractivity contribution is -0.115. The Bertz CT molecular complexity index is 709. The smallest absolute Gasteiger partial charge is 0.243 e. The molecule has 0 aliphatic carbocycles. The van der Waals surface area contributed by atoms with E-state index in [0.717, 1.165) is 16.9 Å². The van der Waals surface area contributed by atoms with E-state index in [1.54, 1.807) is 0 Å². The molecule has 0 fully saturated rings. The Hall–Kier alpha value is -2.62. The lowest BCUT2D eigenvalue weighted by Crippen LogP contribution is -2.41. The molecule has 1 amide bonds. The molecular weight excluding hydrogens is 264 g/mol. The summed E-state index contributed by atoms with van der Waals surface area (Å²) < 4.78 is 0. The van der Waals surface area contributed by atoms with Gasteiger partial charge in [0.15, 0.2) is 5.78 Å². The number of hydrogen-bond donors (Lipinski definition) is 1. The normalized spacial score (nSPS) is 13.6. The molecule has 2 aromatic rings. The van der Waals surface area contributed by atoms with Crippen LogP contribution < -0.4 is 10.2 Å². The zero-order chi connectivity index (χ0) is 14.8. The van der Waals surface area contributed by atoms with Gasteiger partial charge < -0.3 is 10.2 Å². The van der Waals surface area contributed by atoms with Gasteiger partial charge in [-0.15, -0.1) is 0 Å². The van der Waals surface area contributed by atoms with E-state index in [9.17, 15) is 9.59 Å². The maximum absolute atomic E-state index is 12.4. The number of benzene rings is 2. The molecule has 21 heavy (non-hydrogen) atoms. The molecule has 0 atom stereocenters. The number of amides is 1. The number of carbonyl (C=O) groups is 2. The maximum atomic E-state index is 12.4. The first-order valence-corrected chi connectivity index (χ1v) is 6.87. The molecule has 1 aliphatic heterocycles. The van der Waals surface area contributed by atoms with Crippen LogP contribution in [0.5, 0.6) is 0 Å². The number of rotatable bonds is 3. The maximum Gasteiger partial charge on any atom is 0.243 e. The molecule has 0 saturated carbocycles. The largest absolute Gasteiger partial charge is 0.353 e. The monoisotopic (exact) mass is 280 g/mol. The van der Waals surface area contributed by atoms with Crippen LogP contribution in [-0.4, -0.2) is 24.8 Å². The first-order valence-electron chi connectivity index (χ1n) is 6.87. The number of fused-ring (bicyclic) bond motifs is 1. The van der Waals surface area contributed by atoms with Crippen LogP contribution >= 0.6 is 0 Å². The van der Waals surface area contributed by atoms with Crippen molar-refractivity contribution in [3.8, 4) is 0 Å². The zero-order valence-electron chi connectivity index (χ0n) is 11.8. The molecule has 1 heterocycles. The summed E-state index contributed by atoms with van der Waals surface area (Å²) in [5.74, 6) is -0.0751. The van der Waals surface area contributed by atoms with Gasteiger partial charge in [0.05, 0.1) is 24.5 Å². The van der Waals surface area contributed by atoms with Crippen molar-refractivity contribution in [3.63, 3.8) is 0 Å². The van der Waals surface area contributed by atoms with E-state index >= 15 is 0 Å². The van der Waals surface area contributed by atoms with Crippen molar-refractivity contribution < 1.29 is 9.59 Å². The highest BCUT2D eigenvalue weighted by molar-refractivity contribution is 6.05. The second-order valence-corrected chi connectivity index (χ2v) is 5.21. The molecule has 0 bridgehead atoms. The molecule has 0 saturated heterocycles. The highest BCUT2D eigenvalue weighted by Crippen LogP contribution is 2.28. The first kappa shape index (κ1) is 13.4. The highest BCUT2D eigenvalue weighted by Gasteiger charge is 2.23. The predicted octanol–water partition coefficient (Wildman–Crippen LogP) is 2.64. The van der Waals surface area contributed by atoms with Crippen LogP contribution in [0.1, 0.15) is 15.9 Å². The molecule has 3 rings (SSSR count). The summed E-state index contributed by atoms with van der Waals surface area (Å²) in [7, 11) is 0. The van der Waals surface area contributed by atoms with Crippen LogP contribution in [0.3, 0.4) is 0 Å². The van der Waals surface area contributed by atoms with Gasteiger partial charge in [0.25, 0.3) is 0 Å². The van der Waals surface area contributed by atoms with Crippen LogP contribution in [0.25, 0.3) is 0 Å². The average molecular weight is 280 g/mol. The van der Waals surface area contributed by atoms with Crippen molar-refractivity contribution in [2.45, 2.75) is 6.92 Å². The van der Waals surface area contributed by atoms with Gasteiger partial charge >= 0.3 is 0 Å². The lowest BCUT2D eigenvalue weighted by Gasteiger charge is -2.30. The topological polar surface area (TPSA) is 49.4 Å². The second kappa shape index (κ2) is 5.40. The van der Waals surface area contributed by atoms with E-state index in [0.29, 0.717) is 5.56 Å². The SMILES string of the molecule is Cc1cccc(C(=O)CN2CC(=O)Nc3ccccc32)c1. The van der Waals surface area contributed by atoms with Gasteiger partial charge in [0, 0.05) is 5.56 Å². The highest BCUT2D eigenvalue weighted by atomic mass is 16.2. The molecule has 106 valence electrons. The molecule has 4 heteroatoms.